The molecule has 1 heterocycles. The highest BCUT2D eigenvalue weighted by Crippen LogP contribution is 2.17. The van der Waals surface area contributed by atoms with E-state index in [1.165, 1.54) is 4.90 Å². The van der Waals surface area contributed by atoms with Crippen molar-refractivity contribution in [3.63, 3.8) is 0 Å². The third kappa shape index (κ3) is 4.54. The lowest BCUT2D eigenvalue weighted by Gasteiger charge is -2.34. The molecule has 1 aromatic carbocycles. The highest BCUT2D eigenvalue weighted by atomic mass is 79.9. The zero-order valence-electron chi connectivity index (χ0n) is 12.9. The van der Waals surface area contributed by atoms with E-state index in [0.717, 1.165) is 4.47 Å². The van der Waals surface area contributed by atoms with E-state index in [1.54, 1.807) is 18.2 Å². The third-order valence-electron chi connectivity index (χ3n) is 3.49. The fourth-order valence-electron chi connectivity index (χ4n) is 2.38. The van der Waals surface area contributed by atoms with Crippen LogP contribution >= 0.6 is 15.9 Å². The van der Waals surface area contributed by atoms with E-state index in [0.29, 0.717) is 31.7 Å². The number of hydrogen-bond acceptors (Lipinski definition) is 4. The number of carbonyl (C=O) groups excluding carboxylic acids is 3. The van der Waals surface area contributed by atoms with Crippen LogP contribution in [0.25, 0.3) is 0 Å². The van der Waals surface area contributed by atoms with Gasteiger partial charge in [-0.1, -0.05) is 28.9 Å². The van der Waals surface area contributed by atoms with Crippen molar-refractivity contribution in [1.82, 2.24) is 10.2 Å². The van der Waals surface area contributed by atoms with Crippen LogP contribution in [0.15, 0.2) is 28.7 Å². The minimum absolute atomic E-state index is 0.133. The number of rotatable bonds is 5. The van der Waals surface area contributed by atoms with Gasteiger partial charge in [-0.3, -0.25) is 14.4 Å². The maximum Gasteiger partial charge on any atom is 0.308 e. The molecule has 0 aromatic heterocycles. The summed E-state index contributed by atoms with van der Waals surface area (Å²) in [6, 6.07) is 6.12. The Morgan fingerprint density at radius 3 is 2.91 bits per heavy atom. The molecule has 1 saturated heterocycles. The number of benzene rings is 1. The Labute approximate surface area is 143 Å². The van der Waals surface area contributed by atoms with Crippen molar-refractivity contribution >= 4 is 33.7 Å². The van der Waals surface area contributed by atoms with Crippen molar-refractivity contribution in [2.75, 3.05) is 19.7 Å². The number of hydrogen-bond donors (Lipinski definition) is 1. The van der Waals surface area contributed by atoms with E-state index in [-0.39, 0.29) is 18.2 Å². The van der Waals surface area contributed by atoms with Gasteiger partial charge in [0, 0.05) is 23.1 Å². The van der Waals surface area contributed by atoms with Gasteiger partial charge >= 0.3 is 5.97 Å². The lowest BCUT2D eigenvalue weighted by atomic mass is 10.1. The van der Waals surface area contributed by atoms with Crippen molar-refractivity contribution in [3.05, 3.63) is 34.3 Å². The quantitative estimate of drug-likeness (QED) is 0.786. The number of nitrogens with zero attached hydrogens (tertiary/aromatic N) is 1. The van der Waals surface area contributed by atoms with Crippen LogP contribution in [0.4, 0.5) is 0 Å². The second-order valence-corrected chi connectivity index (χ2v) is 6.16. The van der Waals surface area contributed by atoms with Gasteiger partial charge < -0.3 is 15.0 Å². The molecule has 1 atom stereocenters. The van der Waals surface area contributed by atoms with Gasteiger partial charge in [0.15, 0.2) is 0 Å². The molecule has 23 heavy (non-hydrogen) atoms. The van der Waals surface area contributed by atoms with E-state index >= 15 is 0 Å². The topological polar surface area (TPSA) is 75.7 Å². The summed E-state index contributed by atoms with van der Waals surface area (Å²) >= 11 is 3.33. The first-order valence-corrected chi connectivity index (χ1v) is 8.32. The van der Waals surface area contributed by atoms with E-state index < -0.39 is 12.0 Å². The maximum atomic E-state index is 12.7. The zero-order valence-corrected chi connectivity index (χ0v) is 14.5. The molecule has 1 aliphatic rings. The highest BCUT2D eigenvalue weighted by Gasteiger charge is 2.35. The molecule has 0 spiro atoms. The summed E-state index contributed by atoms with van der Waals surface area (Å²) in [5, 5.41) is 2.69. The van der Waals surface area contributed by atoms with E-state index in [9.17, 15) is 14.4 Å². The maximum absolute atomic E-state index is 12.7. The minimum atomic E-state index is -0.834. The fraction of sp³-hybridized carbons (Fsp3) is 0.438. The minimum Gasteiger partial charge on any atom is -0.466 e. The Balaban J connectivity index is 2.14. The summed E-state index contributed by atoms with van der Waals surface area (Å²) < 4.78 is 5.81. The standard InChI is InChI=1S/C16H19BrN2O4/c1-2-8-23-14(20)10-13-15(21)18-6-7-19(13)16(22)11-4-3-5-12(17)9-11/h3-5,9,13H,2,6-8,10H2,1H3,(H,18,21). The van der Waals surface area contributed by atoms with E-state index in [1.807, 2.05) is 13.0 Å². The molecular formula is C16H19BrN2O4. The van der Waals surface area contributed by atoms with Gasteiger partial charge in [0.2, 0.25) is 5.91 Å². The first-order chi connectivity index (χ1) is 11.0. The van der Waals surface area contributed by atoms with Gasteiger partial charge in [-0.2, -0.15) is 0 Å². The van der Waals surface area contributed by atoms with Crippen molar-refractivity contribution in [3.8, 4) is 0 Å². The van der Waals surface area contributed by atoms with Crippen molar-refractivity contribution in [2.45, 2.75) is 25.8 Å². The first-order valence-electron chi connectivity index (χ1n) is 7.52. The van der Waals surface area contributed by atoms with Crippen molar-refractivity contribution in [2.24, 2.45) is 0 Å². The number of ether oxygens (including phenoxy) is 1. The van der Waals surface area contributed by atoms with Crippen molar-refractivity contribution in [1.29, 1.82) is 0 Å². The Hall–Kier alpha value is -1.89. The number of piperazine rings is 1. The lowest BCUT2D eigenvalue weighted by Crippen LogP contribution is -2.57. The summed E-state index contributed by atoms with van der Waals surface area (Å²) in [5.41, 5.74) is 0.473. The highest BCUT2D eigenvalue weighted by molar-refractivity contribution is 9.10. The Bertz CT molecular complexity index is 605. The normalized spacial score (nSPS) is 17.6. The summed E-state index contributed by atoms with van der Waals surface area (Å²) in [5.74, 6) is -1.07. The van der Waals surface area contributed by atoms with Crippen LogP contribution in [0.1, 0.15) is 30.1 Å². The smallest absolute Gasteiger partial charge is 0.308 e. The second-order valence-electron chi connectivity index (χ2n) is 5.24. The van der Waals surface area contributed by atoms with Crippen LogP contribution in [-0.2, 0) is 14.3 Å². The number of esters is 1. The molecule has 0 radical (unpaired) electrons. The van der Waals surface area contributed by atoms with E-state index in [2.05, 4.69) is 21.2 Å². The van der Waals surface area contributed by atoms with Crippen LogP contribution in [0.2, 0.25) is 0 Å². The van der Waals surface area contributed by atoms with Gasteiger partial charge in [0.1, 0.15) is 6.04 Å². The SMILES string of the molecule is CCCOC(=O)CC1C(=O)NCCN1C(=O)c1cccc(Br)c1. The molecule has 1 fully saturated rings. The van der Waals surface area contributed by atoms with Crippen LogP contribution in [0.3, 0.4) is 0 Å². The molecule has 124 valence electrons. The number of carbonyl (C=O) groups is 3. The molecule has 0 bridgehead atoms. The predicted molar refractivity (Wildman–Crippen MR) is 87.8 cm³/mol. The summed E-state index contributed by atoms with van der Waals surface area (Å²) in [6.45, 7) is 2.94. The first kappa shape index (κ1) is 17.5. The van der Waals surface area contributed by atoms with Crippen LogP contribution in [-0.4, -0.2) is 48.4 Å². The monoisotopic (exact) mass is 382 g/mol. The number of halogens is 1. The second kappa shape index (κ2) is 8.10. The van der Waals surface area contributed by atoms with Crippen LogP contribution in [0.5, 0.6) is 0 Å². The molecule has 0 saturated carbocycles. The van der Waals surface area contributed by atoms with Crippen molar-refractivity contribution < 1.29 is 19.1 Å². The predicted octanol–water partition coefficient (Wildman–Crippen LogP) is 1.73. The average molecular weight is 383 g/mol. The average Bonchev–Trinajstić information content (AvgIpc) is 2.54. The van der Waals surface area contributed by atoms with Gasteiger partial charge in [-0.25, -0.2) is 0 Å². The molecule has 7 heteroatoms. The van der Waals surface area contributed by atoms with E-state index in [4.69, 9.17) is 4.74 Å². The molecule has 6 nitrogen and oxygen atoms in total. The lowest BCUT2D eigenvalue weighted by molar-refractivity contribution is -0.147. The van der Waals surface area contributed by atoms with Gasteiger partial charge in [-0.05, 0) is 24.6 Å². The van der Waals surface area contributed by atoms with Crippen LogP contribution in [0, 0.1) is 0 Å². The molecule has 1 unspecified atom stereocenters. The largest absolute Gasteiger partial charge is 0.466 e. The molecular weight excluding hydrogens is 364 g/mol. The molecule has 1 N–H and O–H groups in total. The molecule has 0 aliphatic carbocycles. The van der Waals surface area contributed by atoms with Gasteiger partial charge in [0.25, 0.3) is 5.91 Å². The Morgan fingerprint density at radius 1 is 1.43 bits per heavy atom. The molecule has 2 amide bonds. The number of amides is 2. The summed E-state index contributed by atoms with van der Waals surface area (Å²) in [6.07, 6.45) is 0.578. The summed E-state index contributed by atoms with van der Waals surface area (Å²) in [7, 11) is 0. The Morgan fingerprint density at radius 2 is 2.22 bits per heavy atom. The van der Waals surface area contributed by atoms with Crippen LogP contribution < -0.4 is 5.32 Å². The molecule has 1 aliphatic heterocycles. The zero-order chi connectivity index (χ0) is 16.8. The number of nitrogens with one attached hydrogen (secondary N) is 1. The third-order valence-corrected chi connectivity index (χ3v) is 3.98. The Kier molecular flexibility index (Phi) is 6.15. The van der Waals surface area contributed by atoms with Gasteiger partial charge in [-0.15, -0.1) is 0 Å². The molecule has 2 rings (SSSR count). The fourth-order valence-corrected chi connectivity index (χ4v) is 2.78. The van der Waals surface area contributed by atoms with Gasteiger partial charge in [0.05, 0.1) is 13.0 Å². The molecule has 1 aromatic rings. The summed E-state index contributed by atoms with van der Waals surface area (Å²) in [4.78, 5) is 38.0.